The number of likely N-dealkylation sites (tertiary alicyclic amines) is 1. The molecule has 1 N–H and O–H groups in total. The number of nitrogens with zero attached hydrogens (tertiary/aromatic N) is 1. The summed E-state index contributed by atoms with van der Waals surface area (Å²) in [6, 6.07) is 3.68. The van der Waals surface area contributed by atoms with Gasteiger partial charge < -0.3 is 14.7 Å². The molecule has 1 aliphatic rings. The van der Waals surface area contributed by atoms with E-state index < -0.39 is 5.97 Å². The lowest BCUT2D eigenvalue weighted by molar-refractivity contribution is -0.139. The topological polar surface area (TPSA) is 66.8 Å². The van der Waals surface area contributed by atoms with Gasteiger partial charge in [0.15, 0.2) is 0 Å². The number of aliphatic carboxylic acids is 1. The molecule has 0 radical (unpaired) electrons. The van der Waals surface area contributed by atoms with Crippen LogP contribution in [0.1, 0.15) is 22.6 Å². The molecule has 110 valence electrons. The van der Waals surface area contributed by atoms with E-state index in [1.165, 1.54) is 4.88 Å². The van der Waals surface area contributed by atoms with Crippen LogP contribution in [0.4, 0.5) is 0 Å². The summed E-state index contributed by atoms with van der Waals surface area (Å²) < 4.78 is 5.27. The number of carbonyl (C=O) groups excluding carboxylic acids is 1. The van der Waals surface area contributed by atoms with Crippen molar-refractivity contribution in [2.45, 2.75) is 38.3 Å². The molecule has 1 aromatic heterocycles. The molecule has 1 aromatic rings. The minimum absolute atomic E-state index is 0.0161. The van der Waals surface area contributed by atoms with E-state index >= 15 is 0 Å². The fourth-order valence-electron chi connectivity index (χ4n) is 2.58. The molecule has 2 atom stereocenters. The van der Waals surface area contributed by atoms with Crippen molar-refractivity contribution in [2.24, 2.45) is 0 Å². The smallest absolute Gasteiger partial charge is 0.305 e. The van der Waals surface area contributed by atoms with E-state index in [0.717, 1.165) is 4.88 Å². The molecule has 2 unspecified atom stereocenters. The highest BCUT2D eigenvalue weighted by atomic mass is 32.1. The van der Waals surface area contributed by atoms with Crippen LogP contribution in [0.5, 0.6) is 0 Å². The number of carbonyl (C=O) groups is 2. The summed E-state index contributed by atoms with van der Waals surface area (Å²) >= 11 is 1.60. The molecule has 1 saturated heterocycles. The molecule has 1 amide bonds. The fourth-order valence-corrected chi connectivity index (χ4v) is 3.46. The summed E-state index contributed by atoms with van der Waals surface area (Å²) in [6.07, 6.45) is 0.853. The lowest BCUT2D eigenvalue weighted by atomic mass is 10.1. The van der Waals surface area contributed by atoms with Crippen molar-refractivity contribution in [3.63, 3.8) is 0 Å². The van der Waals surface area contributed by atoms with Crippen LogP contribution in [0.2, 0.25) is 0 Å². The van der Waals surface area contributed by atoms with Gasteiger partial charge in [-0.1, -0.05) is 0 Å². The molecule has 0 spiro atoms. The van der Waals surface area contributed by atoms with Gasteiger partial charge in [0, 0.05) is 29.5 Å². The van der Waals surface area contributed by atoms with Crippen molar-refractivity contribution in [1.82, 2.24) is 4.90 Å². The van der Waals surface area contributed by atoms with Crippen molar-refractivity contribution in [3.05, 3.63) is 21.9 Å². The first-order chi connectivity index (χ1) is 9.49. The maximum Gasteiger partial charge on any atom is 0.305 e. The predicted molar refractivity (Wildman–Crippen MR) is 75.9 cm³/mol. The Balaban J connectivity index is 2.03. The zero-order valence-corrected chi connectivity index (χ0v) is 12.5. The summed E-state index contributed by atoms with van der Waals surface area (Å²) in [5, 5.41) is 8.95. The normalized spacial score (nSPS) is 22.2. The Morgan fingerprint density at radius 1 is 1.50 bits per heavy atom. The Hall–Kier alpha value is -1.40. The summed E-state index contributed by atoms with van der Waals surface area (Å²) in [7, 11) is 1.60. The summed E-state index contributed by atoms with van der Waals surface area (Å²) in [5.41, 5.74) is 0. The third kappa shape index (κ3) is 3.58. The number of hydrogen-bond acceptors (Lipinski definition) is 4. The number of hydrogen-bond donors (Lipinski definition) is 1. The van der Waals surface area contributed by atoms with Crippen molar-refractivity contribution >= 4 is 23.2 Å². The Bertz CT molecular complexity index is 499. The van der Waals surface area contributed by atoms with Crippen LogP contribution in [0.25, 0.3) is 0 Å². The molecule has 2 heterocycles. The lowest BCUT2D eigenvalue weighted by Crippen LogP contribution is -2.38. The molecule has 0 saturated carbocycles. The van der Waals surface area contributed by atoms with E-state index in [9.17, 15) is 9.59 Å². The fraction of sp³-hybridized carbons (Fsp3) is 0.571. The molecule has 2 rings (SSSR count). The Labute approximate surface area is 122 Å². The first kappa shape index (κ1) is 15.0. The van der Waals surface area contributed by atoms with E-state index in [2.05, 4.69) is 0 Å². The van der Waals surface area contributed by atoms with Crippen molar-refractivity contribution in [2.75, 3.05) is 13.7 Å². The molecule has 1 aliphatic heterocycles. The van der Waals surface area contributed by atoms with Gasteiger partial charge in [0.05, 0.1) is 18.9 Å². The third-order valence-corrected chi connectivity index (χ3v) is 4.56. The van der Waals surface area contributed by atoms with Crippen molar-refractivity contribution in [3.8, 4) is 0 Å². The zero-order chi connectivity index (χ0) is 14.7. The number of rotatable bonds is 5. The van der Waals surface area contributed by atoms with Crippen LogP contribution in [0.15, 0.2) is 12.1 Å². The van der Waals surface area contributed by atoms with Crippen LogP contribution < -0.4 is 0 Å². The van der Waals surface area contributed by atoms with Gasteiger partial charge in [0.25, 0.3) is 0 Å². The largest absolute Gasteiger partial charge is 0.481 e. The van der Waals surface area contributed by atoms with Crippen LogP contribution in [0, 0.1) is 6.92 Å². The van der Waals surface area contributed by atoms with E-state index in [1.807, 2.05) is 19.1 Å². The highest BCUT2D eigenvalue weighted by Crippen LogP contribution is 2.25. The van der Waals surface area contributed by atoms with E-state index in [-0.39, 0.29) is 24.5 Å². The van der Waals surface area contributed by atoms with E-state index in [4.69, 9.17) is 9.84 Å². The summed E-state index contributed by atoms with van der Waals surface area (Å²) in [5.74, 6) is -0.894. The third-order valence-electron chi connectivity index (χ3n) is 3.56. The first-order valence-electron chi connectivity index (χ1n) is 6.59. The van der Waals surface area contributed by atoms with Crippen LogP contribution in [-0.4, -0.2) is 47.7 Å². The number of aryl methyl sites for hydroxylation is 1. The average Bonchev–Trinajstić information content (AvgIpc) is 2.95. The number of carboxylic acids is 1. The molecule has 0 bridgehead atoms. The van der Waals surface area contributed by atoms with Crippen molar-refractivity contribution < 1.29 is 19.4 Å². The first-order valence-corrected chi connectivity index (χ1v) is 7.40. The molecule has 0 aromatic carbocycles. The second-order valence-corrected chi connectivity index (χ2v) is 6.45. The van der Waals surface area contributed by atoms with Gasteiger partial charge in [-0.15, -0.1) is 11.3 Å². The number of methoxy groups -OCH3 is 1. The summed E-state index contributed by atoms with van der Waals surface area (Å²) in [4.78, 5) is 27.1. The minimum Gasteiger partial charge on any atom is -0.481 e. The molecule has 6 heteroatoms. The highest BCUT2D eigenvalue weighted by molar-refractivity contribution is 7.12. The predicted octanol–water partition coefficient (Wildman–Crippen LogP) is 1.69. The summed E-state index contributed by atoms with van der Waals surface area (Å²) in [6.45, 7) is 2.49. The van der Waals surface area contributed by atoms with Crippen LogP contribution in [0.3, 0.4) is 0 Å². The SMILES string of the molecule is COC1CC(CC(=O)O)N(C(=O)Cc2ccc(C)s2)C1. The van der Waals surface area contributed by atoms with Gasteiger partial charge in [-0.3, -0.25) is 9.59 Å². The minimum atomic E-state index is -0.878. The van der Waals surface area contributed by atoms with E-state index in [1.54, 1.807) is 23.3 Å². The highest BCUT2D eigenvalue weighted by Gasteiger charge is 2.36. The monoisotopic (exact) mass is 297 g/mol. The second-order valence-electron chi connectivity index (χ2n) is 5.08. The number of amides is 1. The number of thiophene rings is 1. The van der Waals surface area contributed by atoms with Gasteiger partial charge in [-0.25, -0.2) is 0 Å². The van der Waals surface area contributed by atoms with E-state index in [0.29, 0.717) is 19.4 Å². The number of carboxylic acid groups (broad SMARTS) is 1. The maximum atomic E-state index is 12.4. The molecule has 0 aliphatic carbocycles. The van der Waals surface area contributed by atoms with Gasteiger partial charge in [0.1, 0.15) is 0 Å². The Morgan fingerprint density at radius 3 is 2.80 bits per heavy atom. The second kappa shape index (κ2) is 6.37. The average molecular weight is 297 g/mol. The lowest BCUT2D eigenvalue weighted by Gasteiger charge is -2.23. The van der Waals surface area contributed by atoms with Gasteiger partial charge in [-0.05, 0) is 25.5 Å². The molecule has 1 fully saturated rings. The maximum absolute atomic E-state index is 12.4. The molecule has 5 nitrogen and oxygen atoms in total. The van der Waals surface area contributed by atoms with Gasteiger partial charge in [-0.2, -0.15) is 0 Å². The van der Waals surface area contributed by atoms with Crippen LogP contribution >= 0.6 is 11.3 Å². The van der Waals surface area contributed by atoms with Crippen LogP contribution in [-0.2, 0) is 20.7 Å². The zero-order valence-electron chi connectivity index (χ0n) is 11.7. The quantitative estimate of drug-likeness (QED) is 0.898. The Kier molecular flexibility index (Phi) is 4.77. The van der Waals surface area contributed by atoms with Crippen molar-refractivity contribution in [1.29, 1.82) is 0 Å². The number of ether oxygens (including phenoxy) is 1. The Morgan fingerprint density at radius 2 is 2.25 bits per heavy atom. The standard InChI is InChI=1S/C14H19NO4S/c1-9-3-4-12(20-9)7-13(16)15-8-11(19-2)5-10(15)6-14(17)18/h3-4,10-11H,5-8H2,1-2H3,(H,17,18). The molecular weight excluding hydrogens is 278 g/mol. The molecule has 20 heavy (non-hydrogen) atoms. The van der Waals surface area contributed by atoms with Gasteiger partial charge in [0.2, 0.25) is 5.91 Å². The molecular formula is C14H19NO4S. The van der Waals surface area contributed by atoms with Gasteiger partial charge >= 0.3 is 5.97 Å².